The maximum atomic E-state index is 13.1. The monoisotopic (exact) mass is 235 g/mol. The lowest BCUT2D eigenvalue weighted by Crippen LogP contribution is -2.12. The number of nitrogen functional groups attached to an aromatic ring is 1. The predicted octanol–water partition coefficient (Wildman–Crippen LogP) is 1.96. The maximum absolute atomic E-state index is 13.1. The summed E-state index contributed by atoms with van der Waals surface area (Å²) in [6.45, 7) is 1.72. The fraction of sp³-hybridized carbons (Fsp3) is 0.0909. The Hall–Kier alpha value is -2.37. The number of aromatic nitrogens is 1. The number of nitrogens with zero attached hydrogens (tertiary/aromatic N) is 1. The van der Waals surface area contributed by atoms with E-state index in [0.29, 0.717) is 5.69 Å². The normalized spacial score (nSPS) is 10.2. The summed E-state index contributed by atoms with van der Waals surface area (Å²) in [7, 11) is 0. The molecule has 0 fully saturated rings. The zero-order valence-corrected chi connectivity index (χ0v) is 9.03. The highest BCUT2D eigenvalue weighted by Crippen LogP contribution is 2.14. The smallest absolute Gasteiger partial charge is 0.301 e. The third-order valence-electron chi connectivity index (χ3n) is 2.10. The van der Waals surface area contributed by atoms with Crippen molar-refractivity contribution in [3.63, 3.8) is 0 Å². The molecule has 0 unspecified atom stereocenters. The number of anilines is 2. The number of amides is 1. The first kappa shape index (κ1) is 11.1. The fourth-order valence-corrected chi connectivity index (χ4v) is 1.25. The summed E-state index contributed by atoms with van der Waals surface area (Å²) in [6.07, 6.45) is 1.40. The van der Waals surface area contributed by atoms with E-state index in [9.17, 15) is 9.18 Å². The van der Waals surface area contributed by atoms with Gasteiger partial charge >= 0.3 is 6.01 Å². The van der Waals surface area contributed by atoms with Gasteiger partial charge in [-0.2, -0.15) is 4.98 Å². The van der Waals surface area contributed by atoms with E-state index in [2.05, 4.69) is 10.3 Å². The third-order valence-corrected chi connectivity index (χ3v) is 2.10. The summed E-state index contributed by atoms with van der Waals surface area (Å²) >= 11 is 0. The molecule has 0 spiro atoms. The topological polar surface area (TPSA) is 81.2 Å². The number of halogens is 1. The van der Waals surface area contributed by atoms with Crippen LogP contribution >= 0.6 is 0 Å². The predicted molar refractivity (Wildman–Crippen MR) is 60.0 cm³/mol. The number of nitrogens with one attached hydrogen (secondary N) is 1. The van der Waals surface area contributed by atoms with Gasteiger partial charge in [-0.05, 0) is 25.1 Å². The number of hydrogen-bond donors (Lipinski definition) is 2. The van der Waals surface area contributed by atoms with E-state index in [1.165, 1.54) is 18.4 Å². The molecule has 1 aromatic carbocycles. The van der Waals surface area contributed by atoms with Gasteiger partial charge in [-0.25, -0.2) is 4.39 Å². The molecule has 3 N–H and O–H groups in total. The van der Waals surface area contributed by atoms with Crippen molar-refractivity contribution < 1.29 is 13.6 Å². The van der Waals surface area contributed by atoms with E-state index in [1.54, 1.807) is 6.92 Å². The molecule has 0 atom stereocenters. The summed E-state index contributed by atoms with van der Waals surface area (Å²) in [4.78, 5) is 15.6. The van der Waals surface area contributed by atoms with Crippen LogP contribution in [-0.4, -0.2) is 10.9 Å². The number of rotatable bonds is 2. The molecule has 2 aromatic rings. The average molecular weight is 235 g/mol. The Bertz CT molecular complexity index is 566. The number of benzene rings is 1. The molecule has 1 aromatic heterocycles. The van der Waals surface area contributed by atoms with E-state index in [0.717, 1.165) is 6.07 Å². The van der Waals surface area contributed by atoms with Crippen molar-refractivity contribution in [3.05, 3.63) is 41.5 Å². The molecule has 0 radical (unpaired) electrons. The molecule has 1 heterocycles. The average Bonchev–Trinajstić information content (AvgIpc) is 2.68. The minimum absolute atomic E-state index is 0.00600. The van der Waals surface area contributed by atoms with Crippen LogP contribution in [0, 0.1) is 12.7 Å². The highest BCUT2D eigenvalue weighted by molar-refractivity contribution is 6.03. The quantitative estimate of drug-likeness (QED) is 0.779. The minimum Gasteiger partial charge on any atom is -0.432 e. The zero-order valence-electron chi connectivity index (χ0n) is 9.03. The number of oxazole rings is 1. The molecule has 0 saturated heterocycles. The van der Waals surface area contributed by atoms with E-state index < -0.39 is 11.7 Å². The van der Waals surface area contributed by atoms with E-state index in [1.807, 2.05) is 0 Å². The maximum Gasteiger partial charge on any atom is 0.301 e. The van der Waals surface area contributed by atoms with Crippen LogP contribution in [-0.2, 0) is 0 Å². The van der Waals surface area contributed by atoms with Crippen LogP contribution in [0.25, 0.3) is 0 Å². The van der Waals surface area contributed by atoms with Crippen molar-refractivity contribution in [2.75, 3.05) is 11.1 Å². The Labute approximate surface area is 96.4 Å². The summed E-state index contributed by atoms with van der Waals surface area (Å²) in [5, 5.41) is 2.40. The Morgan fingerprint density at radius 1 is 1.53 bits per heavy atom. The first-order valence-corrected chi connectivity index (χ1v) is 4.85. The molecule has 17 heavy (non-hydrogen) atoms. The second-order valence-electron chi connectivity index (χ2n) is 3.48. The highest BCUT2D eigenvalue weighted by Gasteiger charge is 2.11. The number of carbonyl (C=O) groups is 1. The van der Waals surface area contributed by atoms with Crippen LogP contribution in [0.3, 0.4) is 0 Å². The molecule has 0 aliphatic carbocycles. The standard InChI is InChI=1S/C11H10FN3O2/c1-6-5-17-11(14-6)15-10(16)7-2-3-9(13)8(12)4-7/h2-5H,13H2,1H3,(H,14,15,16). The first-order valence-electron chi connectivity index (χ1n) is 4.85. The molecular formula is C11H10FN3O2. The fourth-order valence-electron chi connectivity index (χ4n) is 1.25. The van der Waals surface area contributed by atoms with Gasteiger partial charge in [0.15, 0.2) is 0 Å². The van der Waals surface area contributed by atoms with Crippen molar-refractivity contribution >= 4 is 17.6 Å². The van der Waals surface area contributed by atoms with E-state index in [4.69, 9.17) is 10.2 Å². The first-order chi connectivity index (χ1) is 8.06. The lowest BCUT2D eigenvalue weighted by atomic mass is 10.2. The lowest BCUT2D eigenvalue weighted by molar-refractivity contribution is 0.102. The van der Waals surface area contributed by atoms with Gasteiger partial charge in [0, 0.05) is 5.56 Å². The second kappa shape index (κ2) is 4.25. The van der Waals surface area contributed by atoms with Gasteiger partial charge in [0.2, 0.25) is 0 Å². The SMILES string of the molecule is Cc1coc(NC(=O)c2ccc(N)c(F)c2)n1. The van der Waals surface area contributed by atoms with Crippen molar-refractivity contribution in [1.29, 1.82) is 0 Å². The van der Waals surface area contributed by atoms with Crippen LogP contribution in [0.15, 0.2) is 28.9 Å². The Balaban J connectivity index is 2.17. The summed E-state index contributed by atoms with van der Waals surface area (Å²) in [6, 6.07) is 3.87. The van der Waals surface area contributed by atoms with E-state index >= 15 is 0 Å². The minimum atomic E-state index is -0.638. The van der Waals surface area contributed by atoms with Gasteiger partial charge < -0.3 is 10.2 Å². The molecule has 88 valence electrons. The van der Waals surface area contributed by atoms with Crippen molar-refractivity contribution in [2.24, 2.45) is 0 Å². The van der Waals surface area contributed by atoms with Crippen LogP contribution < -0.4 is 11.1 Å². The second-order valence-corrected chi connectivity index (χ2v) is 3.48. The molecule has 5 nitrogen and oxygen atoms in total. The summed E-state index contributed by atoms with van der Waals surface area (Å²) < 4.78 is 18.1. The molecular weight excluding hydrogens is 225 g/mol. The van der Waals surface area contributed by atoms with Crippen molar-refractivity contribution in [3.8, 4) is 0 Å². The van der Waals surface area contributed by atoms with Crippen LogP contribution in [0.4, 0.5) is 16.1 Å². The number of hydrogen-bond acceptors (Lipinski definition) is 4. The molecule has 0 saturated carbocycles. The number of carbonyl (C=O) groups excluding carboxylic acids is 1. The molecule has 0 aliphatic rings. The molecule has 0 bridgehead atoms. The Kier molecular flexibility index (Phi) is 2.78. The molecule has 2 rings (SSSR count). The summed E-state index contributed by atoms with van der Waals surface area (Å²) in [5.74, 6) is -1.15. The van der Waals surface area contributed by atoms with Gasteiger partial charge in [-0.1, -0.05) is 0 Å². The van der Waals surface area contributed by atoms with Crippen molar-refractivity contribution in [2.45, 2.75) is 6.92 Å². The lowest BCUT2D eigenvalue weighted by Gasteiger charge is -2.02. The van der Waals surface area contributed by atoms with Gasteiger partial charge in [0.25, 0.3) is 5.91 Å². The van der Waals surface area contributed by atoms with Crippen LogP contribution in [0.5, 0.6) is 0 Å². The van der Waals surface area contributed by atoms with Gasteiger partial charge in [-0.15, -0.1) is 0 Å². The highest BCUT2D eigenvalue weighted by atomic mass is 19.1. The molecule has 0 aliphatic heterocycles. The summed E-state index contributed by atoms with van der Waals surface area (Å²) in [5.41, 5.74) is 6.09. The third kappa shape index (κ3) is 2.41. The van der Waals surface area contributed by atoms with E-state index in [-0.39, 0.29) is 17.3 Å². The van der Waals surface area contributed by atoms with Crippen LogP contribution in [0.1, 0.15) is 16.1 Å². The molecule has 6 heteroatoms. The Morgan fingerprint density at radius 3 is 2.88 bits per heavy atom. The van der Waals surface area contributed by atoms with Crippen molar-refractivity contribution in [1.82, 2.24) is 4.98 Å². The van der Waals surface area contributed by atoms with Gasteiger partial charge in [0.05, 0.1) is 11.4 Å². The molecule has 1 amide bonds. The largest absolute Gasteiger partial charge is 0.432 e. The Morgan fingerprint density at radius 2 is 2.29 bits per heavy atom. The number of nitrogens with two attached hydrogens (primary N) is 1. The number of aryl methyl sites for hydroxylation is 1. The van der Waals surface area contributed by atoms with Gasteiger partial charge in [0.1, 0.15) is 12.1 Å². The zero-order chi connectivity index (χ0) is 12.4. The van der Waals surface area contributed by atoms with Gasteiger partial charge in [-0.3, -0.25) is 10.1 Å². The van der Waals surface area contributed by atoms with Crippen LogP contribution in [0.2, 0.25) is 0 Å².